The van der Waals surface area contributed by atoms with E-state index < -0.39 is 0 Å². The molecular formula is C12H15N5O. The van der Waals surface area contributed by atoms with Gasteiger partial charge in [-0.25, -0.2) is 0 Å². The molecule has 0 aromatic heterocycles. The Balaban J connectivity index is 2.54. The van der Waals surface area contributed by atoms with Crippen LogP contribution < -0.4 is 16.2 Å². The van der Waals surface area contributed by atoms with Crippen LogP contribution in [0.2, 0.25) is 0 Å². The van der Waals surface area contributed by atoms with Crippen LogP contribution in [0.1, 0.15) is 18.4 Å². The molecule has 0 spiro atoms. The zero-order valence-electron chi connectivity index (χ0n) is 9.91. The standard InChI is InChI=1S/C12H15N5O/c13-6-1-2-7-18-11-5-3-4-10(8-11)9-16-17-12(14)15/h3-5,8-9H,1-2,7H2,(H4,14,15,17). The fraction of sp³-hybridized carbons (Fsp3) is 0.250. The molecule has 0 aliphatic heterocycles. The third-order valence-corrected chi connectivity index (χ3v) is 1.94. The molecule has 6 nitrogen and oxygen atoms in total. The summed E-state index contributed by atoms with van der Waals surface area (Å²) >= 11 is 0. The first kappa shape index (κ1) is 13.5. The maximum atomic E-state index is 8.39. The fourth-order valence-electron chi connectivity index (χ4n) is 1.19. The van der Waals surface area contributed by atoms with E-state index >= 15 is 0 Å². The maximum absolute atomic E-state index is 8.39. The van der Waals surface area contributed by atoms with E-state index in [1.54, 1.807) is 0 Å². The van der Waals surface area contributed by atoms with Crippen LogP contribution >= 0.6 is 0 Å². The molecule has 6 heteroatoms. The minimum atomic E-state index is -0.0878. The molecule has 0 saturated heterocycles. The van der Waals surface area contributed by atoms with Gasteiger partial charge in [-0.1, -0.05) is 12.1 Å². The van der Waals surface area contributed by atoms with Crippen molar-refractivity contribution in [3.8, 4) is 11.8 Å². The van der Waals surface area contributed by atoms with Crippen LogP contribution in [0.3, 0.4) is 0 Å². The average Bonchev–Trinajstić information content (AvgIpc) is 2.35. The summed E-state index contributed by atoms with van der Waals surface area (Å²) in [7, 11) is 0. The molecule has 18 heavy (non-hydrogen) atoms. The predicted octanol–water partition coefficient (Wildman–Crippen LogP) is 0.976. The highest BCUT2D eigenvalue weighted by Crippen LogP contribution is 2.12. The number of nitrogens with zero attached hydrogens (tertiary/aromatic N) is 3. The van der Waals surface area contributed by atoms with Gasteiger partial charge in [-0.15, -0.1) is 5.10 Å². The second-order valence-electron chi connectivity index (χ2n) is 3.45. The average molecular weight is 245 g/mol. The Morgan fingerprint density at radius 3 is 3.00 bits per heavy atom. The first-order valence-electron chi connectivity index (χ1n) is 5.44. The Bertz CT molecular complexity index is 472. The molecule has 0 unspecified atom stereocenters. The van der Waals surface area contributed by atoms with Crippen molar-refractivity contribution in [3.05, 3.63) is 29.8 Å². The molecule has 0 heterocycles. The van der Waals surface area contributed by atoms with Gasteiger partial charge in [0.25, 0.3) is 0 Å². The molecule has 0 aliphatic carbocycles. The van der Waals surface area contributed by atoms with Gasteiger partial charge in [-0.2, -0.15) is 10.4 Å². The number of hydrogen-bond acceptors (Lipinski definition) is 4. The Hall–Kier alpha value is -2.55. The van der Waals surface area contributed by atoms with E-state index in [-0.39, 0.29) is 5.96 Å². The number of rotatable bonds is 6. The Morgan fingerprint density at radius 1 is 1.44 bits per heavy atom. The number of ether oxygens (including phenoxy) is 1. The summed E-state index contributed by atoms with van der Waals surface area (Å²) in [4.78, 5) is 0. The van der Waals surface area contributed by atoms with E-state index in [2.05, 4.69) is 16.3 Å². The Kier molecular flexibility index (Phi) is 5.77. The zero-order valence-corrected chi connectivity index (χ0v) is 9.91. The van der Waals surface area contributed by atoms with Crippen molar-refractivity contribution in [1.82, 2.24) is 0 Å². The van der Waals surface area contributed by atoms with E-state index in [1.165, 1.54) is 6.21 Å². The number of nitriles is 1. The van der Waals surface area contributed by atoms with Crippen LogP contribution in [-0.2, 0) is 0 Å². The van der Waals surface area contributed by atoms with Gasteiger partial charge in [0.05, 0.1) is 18.9 Å². The number of guanidine groups is 1. The third-order valence-electron chi connectivity index (χ3n) is 1.94. The Labute approximate surface area is 106 Å². The minimum absolute atomic E-state index is 0.0878. The molecule has 0 fully saturated rings. The summed E-state index contributed by atoms with van der Waals surface area (Å²) in [6.45, 7) is 0.516. The van der Waals surface area contributed by atoms with Crippen LogP contribution in [0.25, 0.3) is 0 Å². The minimum Gasteiger partial charge on any atom is -0.494 e. The second-order valence-corrected chi connectivity index (χ2v) is 3.45. The van der Waals surface area contributed by atoms with Gasteiger partial charge in [0.2, 0.25) is 5.96 Å². The SMILES string of the molecule is N#CCCCOc1cccc(C=NN=C(N)N)c1. The van der Waals surface area contributed by atoms with E-state index in [1.807, 2.05) is 24.3 Å². The Morgan fingerprint density at radius 2 is 2.28 bits per heavy atom. The van der Waals surface area contributed by atoms with Gasteiger partial charge >= 0.3 is 0 Å². The molecule has 1 rings (SSSR count). The highest BCUT2D eigenvalue weighted by atomic mass is 16.5. The lowest BCUT2D eigenvalue weighted by molar-refractivity contribution is 0.312. The number of hydrogen-bond donors (Lipinski definition) is 2. The molecular weight excluding hydrogens is 230 g/mol. The first-order valence-corrected chi connectivity index (χ1v) is 5.44. The lowest BCUT2D eigenvalue weighted by Crippen LogP contribution is -2.21. The summed E-state index contributed by atoms with van der Waals surface area (Å²) in [6, 6.07) is 9.42. The molecule has 0 saturated carbocycles. The van der Waals surface area contributed by atoms with Crippen molar-refractivity contribution in [2.75, 3.05) is 6.61 Å². The molecule has 0 radical (unpaired) electrons. The fourth-order valence-corrected chi connectivity index (χ4v) is 1.19. The number of benzene rings is 1. The van der Waals surface area contributed by atoms with Gasteiger partial charge in [-0.3, -0.25) is 0 Å². The molecule has 0 atom stereocenters. The van der Waals surface area contributed by atoms with E-state index in [0.29, 0.717) is 19.4 Å². The third kappa shape index (κ3) is 5.51. The van der Waals surface area contributed by atoms with Crippen LogP contribution in [0, 0.1) is 11.3 Å². The lowest BCUT2D eigenvalue weighted by Gasteiger charge is -2.04. The summed E-state index contributed by atoms with van der Waals surface area (Å²) in [5, 5.41) is 15.6. The molecule has 4 N–H and O–H groups in total. The first-order chi connectivity index (χ1) is 8.72. The molecule has 0 amide bonds. The van der Waals surface area contributed by atoms with Gasteiger partial charge in [-0.05, 0) is 24.1 Å². The van der Waals surface area contributed by atoms with E-state index in [9.17, 15) is 0 Å². The largest absolute Gasteiger partial charge is 0.494 e. The van der Waals surface area contributed by atoms with Gasteiger partial charge in [0.15, 0.2) is 0 Å². The van der Waals surface area contributed by atoms with Crippen LogP contribution in [0.15, 0.2) is 34.5 Å². The molecule has 1 aromatic carbocycles. The van der Waals surface area contributed by atoms with E-state index in [0.717, 1.165) is 11.3 Å². The van der Waals surface area contributed by atoms with Crippen molar-refractivity contribution < 1.29 is 4.74 Å². The van der Waals surface area contributed by atoms with Gasteiger partial charge < -0.3 is 16.2 Å². The van der Waals surface area contributed by atoms with Crippen LogP contribution in [0.4, 0.5) is 0 Å². The smallest absolute Gasteiger partial charge is 0.211 e. The highest BCUT2D eigenvalue weighted by Gasteiger charge is 1.95. The van der Waals surface area contributed by atoms with Crippen molar-refractivity contribution in [2.45, 2.75) is 12.8 Å². The van der Waals surface area contributed by atoms with Crippen LogP contribution in [-0.4, -0.2) is 18.8 Å². The topological polar surface area (TPSA) is 110 Å². The molecule has 94 valence electrons. The molecule has 0 aliphatic rings. The van der Waals surface area contributed by atoms with Crippen molar-refractivity contribution >= 4 is 12.2 Å². The normalized spacial score (nSPS) is 9.94. The molecule has 1 aromatic rings. The second kappa shape index (κ2) is 7.68. The van der Waals surface area contributed by atoms with Gasteiger partial charge in [0, 0.05) is 6.42 Å². The quantitative estimate of drug-likeness (QED) is 0.337. The monoisotopic (exact) mass is 245 g/mol. The predicted molar refractivity (Wildman–Crippen MR) is 70.2 cm³/mol. The van der Waals surface area contributed by atoms with E-state index in [4.69, 9.17) is 21.5 Å². The maximum Gasteiger partial charge on any atom is 0.211 e. The number of nitrogens with two attached hydrogens (primary N) is 2. The highest BCUT2D eigenvalue weighted by molar-refractivity contribution is 5.81. The van der Waals surface area contributed by atoms with Crippen LogP contribution in [0.5, 0.6) is 5.75 Å². The summed E-state index contributed by atoms with van der Waals surface area (Å²) in [6.07, 6.45) is 2.73. The van der Waals surface area contributed by atoms with Crippen molar-refractivity contribution in [2.24, 2.45) is 21.7 Å². The summed E-state index contributed by atoms with van der Waals surface area (Å²) < 4.78 is 5.48. The summed E-state index contributed by atoms with van der Waals surface area (Å²) in [5.41, 5.74) is 11.1. The number of unbranched alkanes of at least 4 members (excludes halogenated alkanes) is 1. The molecule has 0 bridgehead atoms. The summed E-state index contributed by atoms with van der Waals surface area (Å²) in [5.74, 6) is 0.636. The van der Waals surface area contributed by atoms with Crippen molar-refractivity contribution in [3.63, 3.8) is 0 Å². The zero-order chi connectivity index (χ0) is 13.2. The van der Waals surface area contributed by atoms with Gasteiger partial charge in [0.1, 0.15) is 5.75 Å². The lowest BCUT2D eigenvalue weighted by atomic mass is 10.2. The van der Waals surface area contributed by atoms with Crippen molar-refractivity contribution in [1.29, 1.82) is 5.26 Å².